The average Bonchev–Trinajstić information content (AvgIpc) is 3.27. The Labute approximate surface area is 241 Å². The van der Waals surface area contributed by atoms with Crippen LogP contribution in [0, 0.1) is 0 Å². The summed E-state index contributed by atoms with van der Waals surface area (Å²) >= 11 is 1.22. The summed E-state index contributed by atoms with van der Waals surface area (Å²) in [6.07, 6.45) is 1.69. The van der Waals surface area contributed by atoms with E-state index in [0.717, 1.165) is 16.7 Å². The second-order valence-electron chi connectivity index (χ2n) is 9.88. The smallest absolute Gasteiger partial charge is 0.338 e. The number of aromatic nitrogens is 1. The number of rotatable bonds is 7. The van der Waals surface area contributed by atoms with E-state index in [2.05, 4.69) is 13.8 Å². The maximum atomic E-state index is 14.1. The van der Waals surface area contributed by atoms with Gasteiger partial charge in [0.05, 0.1) is 28.5 Å². The average molecular weight is 567 g/mol. The molecule has 0 fully saturated rings. The molecule has 1 aromatic heterocycles. The molecule has 1 aliphatic rings. The zero-order valence-corrected chi connectivity index (χ0v) is 24.1. The number of thiazole rings is 1. The minimum Gasteiger partial charge on any atom is -0.463 e. The standard InChI is InChI=1S/C33H30N2O5S/c1-5-39-32(38)28-29(23-11-7-6-8-12-23)34-33-35(30(28)24-17-15-22(16-18-24)20(2)3)31(37)27(41-33)19-25-13-9-10-14-26(25)40-21(4)36/h6-20,30H,5H2,1-4H3/b27-19-/t30-/m0/s1. The Morgan fingerprint density at radius 1 is 1.00 bits per heavy atom. The maximum Gasteiger partial charge on any atom is 0.338 e. The van der Waals surface area contributed by atoms with Crippen molar-refractivity contribution in [2.75, 3.05) is 6.61 Å². The Bertz CT molecular complexity index is 1820. The van der Waals surface area contributed by atoms with Crippen LogP contribution in [0.25, 0.3) is 11.8 Å². The first kappa shape index (κ1) is 28.0. The summed E-state index contributed by atoms with van der Waals surface area (Å²) < 4.78 is 12.9. The molecule has 2 heterocycles. The van der Waals surface area contributed by atoms with Crippen LogP contribution >= 0.6 is 11.3 Å². The lowest BCUT2D eigenvalue weighted by Gasteiger charge is -2.26. The quantitative estimate of drug-likeness (QED) is 0.233. The summed E-state index contributed by atoms with van der Waals surface area (Å²) in [5, 5.41) is 0. The predicted octanol–water partition coefficient (Wildman–Crippen LogP) is 4.98. The highest BCUT2D eigenvalue weighted by molar-refractivity contribution is 7.07. The van der Waals surface area contributed by atoms with E-state index in [1.54, 1.807) is 41.8 Å². The third-order valence-electron chi connectivity index (χ3n) is 6.75. The van der Waals surface area contributed by atoms with Gasteiger partial charge in [0.1, 0.15) is 5.75 Å². The molecule has 41 heavy (non-hydrogen) atoms. The van der Waals surface area contributed by atoms with Crippen molar-refractivity contribution in [2.45, 2.75) is 39.7 Å². The summed E-state index contributed by atoms with van der Waals surface area (Å²) in [6.45, 7) is 7.49. The van der Waals surface area contributed by atoms with Crippen molar-refractivity contribution in [3.05, 3.63) is 126 Å². The summed E-state index contributed by atoms with van der Waals surface area (Å²) in [5.41, 5.74) is 3.71. The van der Waals surface area contributed by atoms with E-state index in [1.165, 1.54) is 18.3 Å². The third-order valence-corrected chi connectivity index (χ3v) is 7.73. The van der Waals surface area contributed by atoms with Crippen LogP contribution in [-0.4, -0.2) is 23.1 Å². The molecule has 1 aliphatic heterocycles. The largest absolute Gasteiger partial charge is 0.463 e. The van der Waals surface area contributed by atoms with Gasteiger partial charge < -0.3 is 9.47 Å². The fourth-order valence-corrected chi connectivity index (χ4v) is 5.80. The minimum absolute atomic E-state index is 0.181. The van der Waals surface area contributed by atoms with E-state index in [1.807, 2.05) is 54.6 Å². The Morgan fingerprint density at radius 3 is 2.34 bits per heavy atom. The van der Waals surface area contributed by atoms with Crippen LogP contribution in [0.2, 0.25) is 0 Å². The predicted molar refractivity (Wildman–Crippen MR) is 159 cm³/mol. The van der Waals surface area contributed by atoms with Gasteiger partial charge in [0.2, 0.25) is 0 Å². The maximum absolute atomic E-state index is 14.1. The highest BCUT2D eigenvalue weighted by Crippen LogP contribution is 2.35. The lowest BCUT2D eigenvalue weighted by Crippen LogP contribution is -2.40. The highest BCUT2D eigenvalue weighted by atomic mass is 32.1. The molecule has 0 spiro atoms. The van der Waals surface area contributed by atoms with E-state index in [4.69, 9.17) is 14.5 Å². The lowest BCUT2D eigenvalue weighted by atomic mass is 9.91. The van der Waals surface area contributed by atoms with Crippen LogP contribution in [0.1, 0.15) is 61.9 Å². The van der Waals surface area contributed by atoms with Gasteiger partial charge >= 0.3 is 11.9 Å². The number of carbonyl (C=O) groups is 2. The molecule has 7 nitrogen and oxygen atoms in total. The molecule has 0 saturated heterocycles. The van der Waals surface area contributed by atoms with Gasteiger partial charge in [-0.05, 0) is 36.1 Å². The summed E-state index contributed by atoms with van der Waals surface area (Å²) in [5.74, 6) is -0.307. The van der Waals surface area contributed by atoms with Gasteiger partial charge in [-0.2, -0.15) is 0 Å². The molecule has 1 atom stereocenters. The molecule has 4 aromatic rings. The summed E-state index contributed by atoms with van der Waals surface area (Å²) in [4.78, 5) is 44.7. The van der Waals surface area contributed by atoms with Gasteiger partial charge in [-0.25, -0.2) is 9.79 Å². The van der Waals surface area contributed by atoms with Crippen molar-refractivity contribution in [2.24, 2.45) is 4.99 Å². The first-order valence-electron chi connectivity index (χ1n) is 13.4. The van der Waals surface area contributed by atoms with E-state index in [-0.39, 0.29) is 12.2 Å². The van der Waals surface area contributed by atoms with E-state index in [9.17, 15) is 14.4 Å². The highest BCUT2D eigenvalue weighted by Gasteiger charge is 2.35. The Morgan fingerprint density at radius 2 is 1.68 bits per heavy atom. The van der Waals surface area contributed by atoms with E-state index >= 15 is 0 Å². The zero-order valence-electron chi connectivity index (χ0n) is 23.3. The van der Waals surface area contributed by atoms with Gasteiger partial charge in [-0.1, -0.05) is 98.0 Å². The molecule has 0 bridgehead atoms. The van der Waals surface area contributed by atoms with E-state index < -0.39 is 18.0 Å². The third kappa shape index (κ3) is 5.69. The van der Waals surface area contributed by atoms with Crippen LogP contribution in [0.15, 0.2) is 94.2 Å². The van der Waals surface area contributed by atoms with Crippen LogP contribution in [-0.2, 0) is 14.3 Å². The topological polar surface area (TPSA) is 87.0 Å². The zero-order chi connectivity index (χ0) is 29.1. The monoisotopic (exact) mass is 566 g/mol. The molecule has 0 N–H and O–H groups in total. The molecule has 0 saturated carbocycles. The molecule has 8 heteroatoms. The molecular weight excluding hydrogens is 536 g/mol. The summed E-state index contributed by atoms with van der Waals surface area (Å²) in [7, 11) is 0. The number of esters is 2. The van der Waals surface area contributed by atoms with Crippen molar-refractivity contribution in [1.29, 1.82) is 0 Å². The minimum atomic E-state index is -0.757. The van der Waals surface area contributed by atoms with Crippen molar-refractivity contribution in [3.63, 3.8) is 0 Å². The first-order valence-corrected chi connectivity index (χ1v) is 14.3. The van der Waals surface area contributed by atoms with Gasteiger partial charge in [0.25, 0.3) is 5.56 Å². The fourth-order valence-electron chi connectivity index (χ4n) is 4.81. The van der Waals surface area contributed by atoms with Crippen LogP contribution in [0.3, 0.4) is 0 Å². The second-order valence-corrected chi connectivity index (χ2v) is 10.9. The number of nitrogens with zero attached hydrogens (tertiary/aromatic N) is 2. The number of hydrogen-bond donors (Lipinski definition) is 0. The lowest BCUT2D eigenvalue weighted by molar-refractivity contribution is -0.139. The summed E-state index contributed by atoms with van der Waals surface area (Å²) in [6, 6.07) is 23.7. The molecule has 5 rings (SSSR count). The van der Waals surface area contributed by atoms with Crippen molar-refractivity contribution < 1.29 is 19.1 Å². The van der Waals surface area contributed by atoms with Gasteiger partial charge in [-0.3, -0.25) is 14.2 Å². The molecular formula is C33H30N2O5S. The van der Waals surface area contributed by atoms with Crippen molar-refractivity contribution in [1.82, 2.24) is 4.57 Å². The Balaban J connectivity index is 1.80. The molecule has 0 aliphatic carbocycles. The second kappa shape index (κ2) is 11.9. The van der Waals surface area contributed by atoms with Gasteiger partial charge in [0, 0.05) is 18.1 Å². The van der Waals surface area contributed by atoms with E-state index in [0.29, 0.717) is 37.8 Å². The normalized spacial score (nSPS) is 15.0. The molecule has 0 amide bonds. The number of ether oxygens (including phenoxy) is 2. The van der Waals surface area contributed by atoms with Crippen molar-refractivity contribution in [3.8, 4) is 5.75 Å². The van der Waals surface area contributed by atoms with Gasteiger partial charge in [0.15, 0.2) is 4.80 Å². The Kier molecular flexibility index (Phi) is 8.12. The van der Waals surface area contributed by atoms with Crippen LogP contribution in [0.5, 0.6) is 5.75 Å². The number of para-hydroxylation sites is 1. The number of hydrogen-bond acceptors (Lipinski definition) is 7. The van der Waals surface area contributed by atoms with Crippen LogP contribution < -0.4 is 19.6 Å². The van der Waals surface area contributed by atoms with Crippen LogP contribution in [0.4, 0.5) is 0 Å². The Hall–Kier alpha value is -4.56. The number of benzene rings is 3. The van der Waals surface area contributed by atoms with Gasteiger partial charge in [-0.15, -0.1) is 0 Å². The fraction of sp³-hybridized carbons (Fsp3) is 0.212. The molecule has 3 aromatic carbocycles. The first-order chi connectivity index (χ1) is 19.8. The molecule has 208 valence electrons. The molecule has 0 unspecified atom stereocenters. The number of carbonyl (C=O) groups excluding carboxylic acids is 2. The number of fused-ring (bicyclic) bond motifs is 1. The van der Waals surface area contributed by atoms with Crippen molar-refractivity contribution >= 4 is 35.0 Å². The molecule has 0 radical (unpaired) electrons. The SMILES string of the molecule is CCOC(=O)C1=C(c2ccccc2)N=c2s/c(=C\c3ccccc3OC(C)=O)c(=O)n2[C@H]1c1ccc(C(C)C)cc1.